The molecule has 33 heavy (non-hydrogen) atoms. The normalized spacial score (nSPS) is 24.3. The highest BCUT2D eigenvalue weighted by atomic mass is 16.5. The third kappa shape index (κ3) is 4.64. The van der Waals surface area contributed by atoms with Crippen molar-refractivity contribution >= 4 is 17.8 Å². The monoisotopic (exact) mass is 451 g/mol. The summed E-state index contributed by atoms with van der Waals surface area (Å²) >= 11 is 0. The van der Waals surface area contributed by atoms with Crippen molar-refractivity contribution < 1.29 is 29.3 Å². The van der Waals surface area contributed by atoms with Crippen molar-refractivity contribution in [3.63, 3.8) is 0 Å². The molecule has 0 saturated carbocycles. The van der Waals surface area contributed by atoms with Gasteiger partial charge in [0, 0.05) is 37.4 Å². The lowest BCUT2D eigenvalue weighted by Crippen LogP contribution is -2.53. The molecule has 9 heteroatoms. The molecule has 0 radical (unpaired) electrons. The number of hydrogen-bond donors (Lipinski definition) is 3. The molecule has 1 aliphatic heterocycles. The molecule has 2 aliphatic rings. The van der Waals surface area contributed by atoms with Gasteiger partial charge in [0.1, 0.15) is 12.1 Å². The number of carbonyl (C=O) groups is 3. The lowest BCUT2D eigenvalue weighted by atomic mass is 9.88. The number of hydrogen-bond acceptors (Lipinski definition) is 7. The predicted molar refractivity (Wildman–Crippen MR) is 117 cm³/mol. The van der Waals surface area contributed by atoms with Crippen molar-refractivity contribution in [3.05, 3.63) is 77.1 Å². The molecule has 2 amide bonds. The molecule has 4 unspecified atom stereocenters. The van der Waals surface area contributed by atoms with E-state index in [0.29, 0.717) is 6.42 Å². The Morgan fingerprint density at radius 3 is 2.55 bits per heavy atom. The maximum Gasteiger partial charge on any atom is 0.328 e. The third-order valence-electron chi connectivity index (χ3n) is 6.05. The summed E-state index contributed by atoms with van der Waals surface area (Å²) in [4.78, 5) is 43.8. The van der Waals surface area contributed by atoms with Gasteiger partial charge in [-0.15, -0.1) is 0 Å². The van der Waals surface area contributed by atoms with Crippen LogP contribution in [0.15, 0.2) is 60.4 Å². The van der Waals surface area contributed by atoms with E-state index in [2.05, 4.69) is 10.3 Å². The number of benzene rings is 1. The molecule has 1 aliphatic carbocycles. The average molecular weight is 451 g/mol. The standard InChI is InChI=1S/C24H25N3O6/c1-33-24(32)19-10-14-5-2-3-6-16(14)13-27(19)23(31)17-9-18(21(29)20(28)11-17)26-22(30)15-7-4-8-25-12-15/h2-9,12,18-21,28-29H,10-11,13H2,1H3,(H,26,30). The Balaban J connectivity index is 1.60. The van der Waals surface area contributed by atoms with Crippen LogP contribution in [-0.4, -0.2) is 69.3 Å². The second kappa shape index (κ2) is 9.51. The van der Waals surface area contributed by atoms with Gasteiger partial charge in [0.25, 0.3) is 11.8 Å². The molecule has 1 aromatic carbocycles. The van der Waals surface area contributed by atoms with E-state index in [4.69, 9.17) is 4.74 Å². The highest BCUT2D eigenvalue weighted by Crippen LogP contribution is 2.28. The first-order valence-corrected chi connectivity index (χ1v) is 10.6. The second-order valence-electron chi connectivity index (χ2n) is 8.14. The van der Waals surface area contributed by atoms with Gasteiger partial charge in [-0.05, 0) is 23.3 Å². The van der Waals surface area contributed by atoms with E-state index >= 15 is 0 Å². The summed E-state index contributed by atoms with van der Waals surface area (Å²) in [5.41, 5.74) is 2.37. The number of nitrogens with one attached hydrogen (secondary N) is 1. The summed E-state index contributed by atoms with van der Waals surface area (Å²) in [7, 11) is 1.27. The van der Waals surface area contributed by atoms with Crippen LogP contribution < -0.4 is 5.32 Å². The van der Waals surface area contributed by atoms with E-state index in [1.165, 1.54) is 30.5 Å². The number of aliphatic hydroxyl groups excluding tert-OH is 2. The van der Waals surface area contributed by atoms with Crippen LogP contribution in [0.2, 0.25) is 0 Å². The number of aromatic nitrogens is 1. The largest absolute Gasteiger partial charge is 0.467 e. The summed E-state index contributed by atoms with van der Waals surface area (Å²) in [6.45, 7) is 0.206. The molecule has 0 spiro atoms. The molecule has 0 fully saturated rings. The van der Waals surface area contributed by atoms with E-state index in [9.17, 15) is 24.6 Å². The zero-order valence-corrected chi connectivity index (χ0v) is 18.0. The zero-order chi connectivity index (χ0) is 23.5. The Morgan fingerprint density at radius 2 is 1.85 bits per heavy atom. The number of methoxy groups -OCH3 is 1. The maximum absolute atomic E-state index is 13.5. The van der Waals surface area contributed by atoms with Crippen LogP contribution in [0.4, 0.5) is 0 Å². The molecule has 4 atom stereocenters. The van der Waals surface area contributed by atoms with Gasteiger partial charge in [-0.3, -0.25) is 14.6 Å². The Bertz CT molecular complexity index is 1090. The average Bonchev–Trinajstić information content (AvgIpc) is 2.85. The Morgan fingerprint density at radius 1 is 1.09 bits per heavy atom. The number of carbonyl (C=O) groups excluding carboxylic acids is 3. The van der Waals surface area contributed by atoms with Crippen molar-refractivity contribution in [3.8, 4) is 0 Å². The minimum atomic E-state index is -1.29. The van der Waals surface area contributed by atoms with Crippen molar-refractivity contribution in [1.29, 1.82) is 0 Å². The van der Waals surface area contributed by atoms with Crippen LogP contribution in [0.3, 0.4) is 0 Å². The number of pyridine rings is 1. The molecule has 0 bridgehead atoms. The van der Waals surface area contributed by atoms with E-state index in [-0.39, 0.29) is 24.1 Å². The van der Waals surface area contributed by atoms with Crippen LogP contribution >= 0.6 is 0 Å². The SMILES string of the molecule is COC(=O)C1Cc2ccccc2CN1C(=O)C1=CC(NC(=O)c2cccnc2)C(O)C(O)C1. The van der Waals surface area contributed by atoms with Crippen LogP contribution in [-0.2, 0) is 27.3 Å². The van der Waals surface area contributed by atoms with Crippen LogP contribution in [0.1, 0.15) is 27.9 Å². The van der Waals surface area contributed by atoms with Crippen molar-refractivity contribution in [1.82, 2.24) is 15.2 Å². The molecule has 4 rings (SSSR count). The molecule has 172 valence electrons. The second-order valence-corrected chi connectivity index (χ2v) is 8.14. The van der Waals surface area contributed by atoms with Gasteiger partial charge in [0.15, 0.2) is 0 Å². The first kappa shape index (κ1) is 22.6. The number of aliphatic hydroxyl groups is 2. The van der Waals surface area contributed by atoms with Gasteiger partial charge >= 0.3 is 5.97 Å². The van der Waals surface area contributed by atoms with Crippen molar-refractivity contribution in [2.45, 2.75) is 43.7 Å². The highest BCUT2D eigenvalue weighted by Gasteiger charge is 2.40. The third-order valence-corrected chi connectivity index (χ3v) is 6.05. The Labute approximate surface area is 190 Å². The number of fused-ring (bicyclic) bond motifs is 1. The van der Waals surface area contributed by atoms with Gasteiger partial charge in [-0.1, -0.05) is 30.3 Å². The molecular formula is C24H25N3O6. The first-order chi connectivity index (χ1) is 15.9. The fourth-order valence-corrected chi connectivity index (χ4v) is 4.25. The van der Waals surface area contributed by atoms with Crippen LogP contribution in [0.5, 0.6) is 0 Å². The summed E-state index contributed by atoms with van der Waals surface area (Å²) in [6, 6.07) is 8.92. The van der Waals surface area contributed by atoms with Gasteiger partial charge in [0.2, 0.25) is 0 Å². The summed E-state index contributed by atoms with van der Waals surface area (Å²) in [5.74, 6) is -1.48. The summed E-state index contributed by atoms with van der Waals surface area (Å²) in [6.07, 6.45) is 2.01. The summed E-state index contributed by atoms with van der Waals surface area (Å²) < 4.78 is 4.93. The lowest BCUT2D eigenvalue weighted by molar-refractivity contribution is -0.152. The smallest absolute Gasteiger partial charge is 0.328 e. The fourth-order valence-electron chi connectivity index (χ4n) is 4.25. The minimum absolute atomic E-state index is 0.106. The molecule has 9 nitrogen and oxygen atoms in total. The van der Waals surface area contributed by atoms with E-state index in [1.807, 2.05) is 24.3 Å². The highest BCUT2D eigenvalue weighted by molar-refractivity contribution is 5.98. The minimum Gasteiger partial charge on any atom is -0.467 e. The van der Waals surface area contributed by atoms with Gasteiger partial charge in [0.05, 0.1) is 24.8 Å². The Hall–Kier alpha value is -3.56. The molecule has 3 N–H and O–H groups in total. The number of amides is 2. The zero-order valence-electron chi connectivity index (χ0n) is 18.0. The van der Waals surface area contributed by atoms with E-state index < -0.39 is 42.1 Å². The first-order valence-electron chi connectivity index (χ1n) is 10.6. The topological polar surface area (TPSA) is 129 Å². The summed E-state index contributed by atoms with van der Waals surface area (Å²) in [5, 5.41) is 23.5. The van der Waals surface area contributed by atoms with E-state index in [1.54, 1.807) is 12.1 Å². The van der Waals surface area contributed by atoms with Crippen LogP contribution in [0, 0.1) is 0 Å². The van der Waals surface area contributed by atoms with Gasteiger partial charge in [-0.25, -0.2) is 4.79 Å². The van der Waals surface area contributed by atoms with Crippen molar-refractivity contribution in [2.24, 2.45) is 0 Å². The van der Waals surface area contributed by atoms with Crippen LogP contribution in [0.25, 0.3) is 0 Å². The molecule has 1 aromatic heterocycles. The van der Waals surface area contributed by atoms with E-state index in [0.717, 1.165) is 11.1 Å². The lowest BCUT2D eigenvalue weighted by Gasteiger charge is -2.38. The molecule has 2 aromatic rings. The number of ether oxygens (including phenoxy) is 1. The van der Waals surface area contributed by atoms with Gasteiger partial charge < -0.3 is 25.2 Å². The molecular weight excluding hydrogens is 426 g/mol. The maximum atomic E-state index is 13.5. The number of rotatable bonds is 4. The van der Waals surface area contributed by atoms with Gasteiger partial charge in [-0.2, -0.15) is 0 Å². The molecule has 0 saturated heterocycles. The quantitative estimate of drug-likeness (QED) is 0.573. The van der Waals surface area contributed by atoms with Crippen molar-refractivity contribution in [2.75, 3.05) is 7.11 Å². The predicted octanol–water partition coefficient (Wildman–Crippen LogP) is 0.358. The number of nitrogens with zero attached hydrogens (tertiary/aromatic N) is 2. The molecule has 2 heterocycles. The number of esters is 1. The fraction of sp³-hybridized carbons (Fsp3) is 0.333. The Kier molecular flexibility index (Phi) is 6.52.